The Balaban J connectivity index is 2.19. The van der Waals surface area contributed by atoms with Crippen LogP contribution in [0.2, 0.25) is 20.1 Å². The summed E-state index contributed by atoms with van der Waals surface area (Å²) >= 11 is 24.2. The maximum atomic E-state index is 13.2. The molecule has 25 heavy (non-hydrogen) atoms. The average molecular weight is 430 g/mol. The van der Waals surface area contributed by atoms with Gasteiger partial charge in [-0.1, -0.05) is 46.4 Å². The number of alkyl halides is 3. The van der Waals surface area contributed by atoms with Crippen LogP contribution in [0.3, 0.4) is 0 Å². The first kappa shape index (κ1) is 19.1. The van der Waals surface area contributed by atoms with Crippen LogP contribution in [0.5, 0.6) is 0 Å². The zero-order valence-corrected chi connectivity index (χ0v) is 15.5. The van der Waals surface area contributed by atoms with Crippen molar-refractivity contribution in [2.75, 3.05) is 0 Å². The normalized spacial score (nSPS) is 20.0. The predicted octanol–water partition coefficient (Wildman–Crippen LogP) is 7.29. The molecule has 1 aliphatic heterocycles. The van der Waals surface area contributed by atoms with E-state index in [2.05, 4.69) is 0 Å². The van der Waals surface area contributed by atoms with Gasteiger partial charge < -0.3 is 4.74 Å². The lowest BCUT2D eigenvalue weighted by atomic mass is 9.84. The zero-order valence-electron chi connectivity index (χ0n) is 12.5. The smallest absolute Gasteiger partial charge is 0.353 e. The summed E-state index contributed by atoms with van der Waals surface area (Å²) in [4.78, 5) is 0. The van der Waals surface area contributed by atoms with E-state index in [1.54, 1.807) is 24.3 Å². The van der Waals surface area contributed by atoms with Gasteiger partial charge in [0.2, 0.25) is 0 Å². The first-order valence-corrected chi connectivity index (χ1v) is 8.79. The molecule has 2 aromatic rings. The first-order valence-electron chi connectivity index (χ1n) is 7.28. The summed E-state index contributed by atoms with van der Waals surface area (Å²) in [5, 5.41) is 1.20. The van der Waals surface area contributed by atoms with Crippen molar-refractivity contribution in [1.29, 1.82) is 0 Å². The minimum atomic E-state index is -4.48. The topological polar surface area (TPSA) is 9.23 Å². The van der Waals surface area contributed by atoms with Gasteiger partial charge in [-0.3, -0.25) is 0 Å². The lowest BCUT2D eigenvalue weighted by molar-refractivity contribution is -0.225. The third-order valence-corrected chi connectivity index (χ3v) is 5.00. The highest BCUT2D eigenvalue weighted by Gasteiger charge is 2.53. The fraction of sp³-hybridized carbons (Fsp3) is 0.294. The molecule has 8 heteroatoms. The highest BCUT2D eigenvalue weighted by molar-refractivity contribution is 6.35. The summed E-state index contributed by atoms with van der Waals surface area (Å²) in [6.07, 6.45) is -6.49. The SMILES string of the molecule is FC(F)(F)C1CCC(c2cc(Cl)cc(Cl)c2)(c2cc(Cl)cc(Cl)c2)O1. The number of halogens is 7. The highest BCUT2D eigenvalue weighted by Crippen LogP contribution is 2.50. The second kappa shape index (κ2) is 6.82. The van der Waals surface area contributed by atoms with Crippen molar-refractivity contribution in [2.45, 2.75) is 30.7 Å². The monoisotopic (exact) mass is 428 g/mol. The fourth-order valence-electron chi connectivity index (χ4n) is 3.09. The molecule has 3 rings (SSSR count). The molecule has 0 spiro atoms. The van der Waals surface area contributed by atoms with E-state index >= 15 is 0 Å². The van der Waals surface area contributed by atoms with E-state index in [1.807, 2.05) is 0 Å². The molecular weight excluding hydrogens is 419 g/mol. The van der Waals surface area contributed by atoms with Crippen LogP contribution < -0.4 is 0 Å². The minimum Gasteiger partial charge on any atom is -0.353 e. The lowest BCUT2D eigenvalue weighted by Crippen LogP contribution is -2.34. The van der Waals surface area contributed by atoms with Gasteiger partial charge in [0.05, 0.1) is 0 Å². The molecule has 0 radical (unpaired) electrons. The van der Waals surface area contributed by atoms with Gasteiger partial charge in [-0.15, -0.1) is 0 Å². The lowest BCUT2D eigenvalue weighted by Gasteiger charge is -2.32. The molecule has 1 unspecified atom stereocenters. The number of hydrogen-bond donors (Lipinski definition) is 0. The van der Waals surface area contributed by atoms with Crippen molar-refractivity contribution < 1.29 is 17.9 Å². The van der Waals surface area contributed by atoms with Crippen LogP contribution in [0.25, 0.3) is 0 Å². The Bertz CT molecular complexity index is 715. The molecule has 0 N–H and O–H groups in total. The van der Waals surface area contributed by atoms with Crippen LogP contribution in [0.1, 0.15) is 24.0 Å². The molecule has 1 aliphatic rings. The largest absolute Gasteiger partial charge is 0.414 e. The van der Waals surface area contributed by atoms with Crippen molar-refractivity contribution in [3.8, 4) is 0 Å². The Morgan fingerprint density at radius 1 is 0.800 bits per heavy atom. The van der Waals surface area contributed by atoms with Crippen molar-refractivity contribution in [3.63, 3.8) is 0 Å². The number of rotatable bonds is 2. The molecule has 0 aromatic heterocycles. The first-order chi connectivity index (χ1) is 11.6. The summed E-state index contributed by atoms with van der Waals surface area (Å²) in [7, 11) is 0. The van der Waals surface area contributed by atoms with Crippen LogP contribution in [0.15, 0.2) is 36.4 Å². The summed E-state index contributed by atoms with van der Waals surface area (Å²) < 4.78 is 45.2. The van der Waals surface area contributed by atoms with Gasteiger partial charge in [0.1, 0.15) is 5.60 Å². The zero-order chi connectivity index (χ0) is 18.4. The van der Waals surface area contributed by atoms with Crippen LogP contribution in [-0.4, -0.2) is 12.3 Å². The van der Waals surface area contributed by atoms with Crippen LogP contribution in [-0.2, 0) is 10.3 Å². The van der Waals surface area contributed by atoms with E-state index in [-0.39, 0.29) is 12.8 Å². The van der Waals surface area contributed by atoms with Crippen LogP contribution in [0, 0.1) is 0 Å². The molecule has 0 bridgehead atoms. The maximum absolute atomic E-state index is 13.2. The van der Waals surface area contributed by atoms with E-state index in [9.17, 15) is 13.2 Å². The molecule has 1 heterocycles. The summed E-state index contributed by atoms with van der Waals surface area (Å²) in [5.41, 5.74) is -0.534. The number of benzene rings is 2. The minimum absolute atomic E-state index is 0.0878. The molecule has 2 aromatic carbocycles. The van der Waals surface area contributed by atoms with Crippen molar-refractivity contribution in [3.05, 3.63) is 67.6 Å². The van der Waals surface area contributed by atoms with Gasteiger partial charge in [0.25, 0.3) is 0 Å². The third kappa shape index (κ3) is 3.88. The van der Waals surface area contributed by atoms with Crippen molar-refractivity contribution in [2.24, 2.45) is 0 Å². The van der Waals surface area contributed by atoms with Crippen LogP contribution >= 0.6 is 46.4 Å². The van der Waals surface area contributed by atoms with E-state index in [0.29, 0.717) is 31.2 Å². The Labute approximate surface area is 162 Å². The van der Waals surface area contributed by atoms with Crippen molar-refractivity contribution >= 4 is 46.4 Å². The molecule has 1 saturated heterocycles. The molecule has 0 aliphatic carbocycles. The van der Waals surface area contributed by atoms with Gasteiger partial charge in [-0.2, -0.15) is 13.2 Å². The molecule has 0 amide bonds. The van der Waals surface area contributed by atoms with E-state index in [1.165, 1.54) is 12.1 Å². The van der Waals surface area contributed by atoms with E-state index in [0.717, 1.165) is 0 Å². The fourth-order valence-corrected chi connectivity index (χ4v) is 4.14. The molecular formula is C17H11Cl4F3O. The second-order valence-electron chi connectivity index (χ2n) is 5.83. The van der Waals surface area contributed by atoms with Gasteiger partial charge in [-0.25, -0.2) is 0 Å². The van der Waals surface area contributed by atoms with E-state index in [4.69, 9.17) is 51.1 Å². The Hall–Kier alpha value is -0.650. The Morgan fingerprint density at radius 3 is 1.52 bits per heavy atom. The summed E-state index contributed by atoms with van der Waals surface area (Å²) in [6.45, 7) is 0. The van der Waals surface area contributed by atoms with Gasteiger partial charge in [0, 0.05) is 20.1 Å². The molecule has 1 atom stereocenters. The Morgan fingerprint density at radius 2 is 1.20 bits per heavy atom. The molecule has 0 saturated carbocycles. The van der Waals surface area contributed by atoms with Crippen molar-refractivity contribution in [1.82, 2.24) is 0 Å². The number of ether oxygens (including phenoxy) is 1. The molecule has 1 nitrogen and oxygen atoms in total. The second-order valence-corrected chi connectivity index (χ2v) is 7.58. The Kier molecular flexibility index (Phi) is 5.22. The summed E-state index contributed by atoms with van der Waals surface area (Å²) in [5.74, 6) is 0. The van der Waals surface area contributed by atoms with Gasteiger partial charge in [-0.05, 0) is 60.4 Å². The van der Waals surface area contributed by atoms with Gasteiger partial charge >= 0.3 is 6.18 Å². The standard InChI is InChI=1S/C17H11Cl4F3O/c18-11-3-9(4-12(19)7-11)16(2-1-15(25-16)17(22,23)24)10-5-13(20)8-14(21)6-10/h3-8,15H,1-2H2. The third-order valence-electron chi connectivity index (χ3n) is 4.12. The van der Waals surface area contributed by atoms with E-state index < -0.39 is 17.9 Å². The average Bonchev–Trinajstić information content (AvgIpc) is 2.91. The highest BCUT2D eigenvalue weighted by atomic mass is 35.5. The quantitative estimate of drug-likeness (QED) is 0.487. The number of hydrogen-bond acceptors (Lipinski definition) is 1. The van der Waals surface area contributed by atoms with Gasteiger partial charge in [0.15, 0.2) is 6.10 Å². The molecule has 1 fully saturated rings. The maximum Gasteiger partial charge on any atom is 0.414 e. The summed E-state index contributed by atoms with van der Waals surface area (Å²) in [6, 6.07) is 9.17. The van der Waals surface area contributed by atoms with Crippen LogP contribution in [0.4, 0.5) is 13.2 Å². The molecule has 134 valence electrons. The predicted molar refractivity (Wildman–Crippen MR) is 93.9 cm³/mol.